The molecule has 1 unspecified atom stereocenters. The van der Waals surface area contributed by atoms with Crippen LogP contribution in [0.3, 0.4) is 0 Å². The number of hydrogen-bond donors (Lipinski definition) is 1. The van der Waals surface area contributed by atoms with Crippen molar-refractivity contribution in [3.63, 3.8) is 0 Å². The molecule has 1 aromatic heterocycles. The van der Waals surface area contributed by atoms with Gasteiger partial charge >= 0.3 is 0 Å². The van der Waals surface area contributed by atoms with Gasteiger partial charge in [-0.05, 0) is 38.7 Å². The number of hydrogen-bond acceptors (Lipinski definition) is 4. The van der Waals surface area contributed by atoms with Crippen molar-refractivity contribution >= 4 is 22.6 Å². The van der Waals surface area contributed by atoms with E-state index < -0.39 is 6.04 Å². The van der Waals surface area contributed by atoms with E-state index in [0.29, 0.717) is 24.0 Å². The Morgan fingerprint density at radius 3 is 2.65 bits per heavy atom. The highest BCUT2D eigenvalue weighted by Gasteiger charge is 2.36. The Kier molecular flexibility index (Phi) is 4.22. The van der Waals surface area contributed by atoms with E-state index in [1.54, 1.807) is 17.0 Å². The Morgan fingerprint density at radius 2 is 1.92 bits per heavy atom. The number of nitrogens with zero attached hydrogens (tertiary/aromatic N) is 3. The summed E-state index contributed by atoms with van der Waals surface area (Å²) >= 11 is 0. The predicted molar refractivity (Wildman–Crippen MR) is 96.6 cm³/mol. The van der Waals surface area contributed by atoms with Crippen LogP contribution in [0.1, 0.15) is 31.4 Å². The second-order valence-electron chi connectivity index (χ2n) is 7.12. The topological polar surface area (TPSA) is 84.3 Å². The second kappa shape index (κ2) is 6.55. The van der Waals surface area contributed by atoms with Crippen LogP contribution in [0.4, 0.5) is 0 Å². The Bertz CT molecular complexity index is 932. The normalized spacial score (nSPS) is 19.7. The van der Waals surface area contributed by atoms with Crippen LogP contribution in [0.15, 0.2) is 29.1 Å². The number of aromatic nitrogens is 2. The van der Waals surface area contributed by atoms with E-state index in [1.807, 2.05) is 19.1 Å². The van der Waals surface area contributed by atoms with Crippen LogP contribution in [-0.2, 0) is 16.1 Å². The van der Waals surface area contributed by atoms with Gasteiger partial charge in [-0.3, -0.25) is 14.4 Å². The van der Waals surface area contributed by atoms with Crippen molar-refractivity contribution in [2.75, 3.05) is 6.54 Å². The minimum Gasteiger partial charge on any atom is -0.352 e. The van der Waals surface area contributed by atoms with E-state index in [-0.39, 0.29) is 30.0 Å². The minimum atomic E-state index is -0.430. The minimum absolute atomic E-state index is 0.0756. The maximum Gasteiger partial charge on any atom is 0.275 e. The Balaban J connectivity index is 1.56. The third-order valence-electron chi connectivity index (χ3n) is 5.14. The lowest BCUT2D eigenvalue weighted by Gasteiger charge is -2.24. The van der Waals surface area contributed by atoms with Crippen molar-refractivity contribution in [1.29, 1.82) is 0 Å². The molecule has 4 rings (SSSR count). The molecule has 2 aromatic rings. The summed E-state index contributed by atoms with van der Waals surface area (Å²) in [6.45, 7) is 2.23. The number of fused-ring (bicyclic) bond motifs is 1. The molecule has 26 heavy (non-hydrogen) atoms. The quantitative estimate of drug-likeness (QED) is 0.887. The average molecular weight is 354 g/mol. The highest BCUT2D eigenvalue weighted by atomic mass is 16.2. The number of rotatable bonds is 4. The molecular weight excluding hydrogens is 332 g/mol. The molecule has 1 aromatic carbocycles. The van der Waals surface area contributed by atoms with Crippen molar-refractivity contribution in [2.45, 2.75) is 51.2 Å². The SMILES string of the molecule is Cc1nn(CC(=O)N2CCCC2C(=O)NC2CC2)c(=O)c2ccccc12. The van der Waals surface area contributed by atoms with Crippen molar-refractivity contribution in [3.05, 3.63) is 40.3 Å². The van der Waals surface area contributed by atoms with E-state index in [4.69, 9.17) is 0 Å². The lowest BCUT2D eigenvalue weighted by molar-refractivity contribution is -0.139. The van der Waals surface area contributed by atoms with Gasteiger partial charge in [-0.15, -0.1) is 0 Å². The number of carbonyl (C=O) groups is 2. The number of benzene rings is 1. The summed E-state index contributed by atoms with van der Waals surface area (Å²) in [4.78, 5) is 39.4. The van der Waals surface area contributed by atoms with Crippen LogP contribution in [0.25, 0.3) is 10.8 Å². The van der Waals surface area contributed by atoms with Gasteiger partial charge in [0, 0.05) is 18.0 Å². The first-order valence-corrected chi connectivity index (χ1v) is 9.11. The zero-order valence-electron chi connectivity index (χ0n) is 14.8. The Hall–Kier alpha value is -2.70. The molecule has 0 spiro atoms. The van der Waals surface area contributed by atoms with Crippen LogP contribution in [0, 0.1) is 6.92 Å². The van der Waals surface area contributed by atoms with Crippen molar-refractivity contribution in [3.8, 4) is 0 Å². The van der Waals surface area contributed by atoms with Crippen molar-refractivity contribution in [2.24, 2.45) is 0 Å². The standard InChI is InChI=1S/C19H22N4O3/c1-12-14-5-2-3-6-15(14)19(26)23(21-12)11-17(24)22-10-4-7-16(22)18(25)20-13-8-9-13/h2-3,5-6,13,16H,4,7-11H2,1H3,(H,20,25). The smallest absolute Gasteiger partial charge is 0.275 e. The van der Waals surface area contributed by atoms with Gasteiger partial charge < -0.3 is 10.2 Å². The lowest BCUT2D eigenvalue weighted by atomic mass is 10.1. The van der Waals surface area contributed by atoms with Gasteiger partial charge in [0.2, 0.25) is 11.8 Å². The first-order valence-electron chi connectivity index (χ1n) is 9.11. The van der Waals surface area contributed by atoms with Gasteiger partial charge in [0.15, 0.2) is 0 Å². The monoisotopic (exact) mass is 354 g/mol. The van der Waals surface area contributed by atoms with E-state index >= 15 is 0 Å². The molecule has 0 bridgehead atoms. The average Bonchev–Trinajstić information content (AvgIpc) is 3.30. The van der Waals surface area contributed by atoms with Gasteiger partial charge in [0.1, 0.15) is 12.6 Å². The highest BCUT2D eigenvalue weighted by molar-refractivity contribution is 5.89. The van der Waals surface area contributed by atoms with Crippen LogP contribution < -0.4 is 10.9 Å². The predicted octanol–water partition coefficient (Wildman–Crippen LogP) is 0.975. The second-order valence-corrected chi connectivity index (χ2v) is 7.12. The molecule has 2 amide bonds. The fraction of sp³-hybridized carbons (Fsp3) is 0.474. The van der Waals surface area contributed by atoms with Crippen molar-refractivity contribution in [1.82, 2.24) is 20.0 Å². The third kappa shape index (κ3) is 3.09. The number of amides is 2. The summed E-state index contributed by atoms with van der Waals surface area (Å²) in [5, 5.41) is 8.62. The number of likely N-dealkylation sites (tertiary alicyclic amines) is 1. The van der Waals surface area contributed by atoms with Crippen LogP contribution >= 0.6 is 0 Å². The molecule has 1 saturated carbocycles. The van der Waals surface area contributed by atoms with Gasteiger partial charge in [-0.25, -0.2) is 4.68 Å². The van der Waals surface area contributed by atoms with E-state index in [1.165, 1.54) is 4.68 Å². The Labute approximate surface area is 151 Å². The van der Waals surface area contributed by atoms with E-state index in [2.05, 4.69) is 10.4 Å². The number of carbonyl (C=O) groups excluding carboxylic acids is 2. The molecule has 7 heteroatoms. The molecular formula is C19H22N4O3. The van der Waals surface area contributed by atoms with E-state index in [9.17, 15) is 14.4 Å². The first-order chi connectivity index (χ1) is 12.5. The summed E-state index contributed by atoms with van der Waals surface area (Å²) < 4.78 is 1.22. The molecule has 1 saturated heterocycles. The maximum absolute atomic E-state index is 12.8. The summed E-state index contributed by atoms with van der Waals surface area (Å²) in [5.41, 5.74) is 0.426. The fourth-order valence-corrected chi connectivity index (χ4v) is 3.59. The van der Waals surface area contributed by atoms with Crippen molar-refractivity contribution < 1.29 is 9.59 Å². The largest absolute Gasteiger partial charge is 0.352 e. The molecule has 136 valence electrons. The molecule has 2 heterocycles. The number of nitrogens with one attached hydrogen (secondary N) is 1. The molecule has 1 atom stereocenters. The summed E-state index contributed by atoms with van der Waals surface area (Å²) in [6, 6.07) is 7.10. The van der Waals surface area contributed by atoms with Crippen LogP contribution in [-0.4, -0.2) is 45.1 Å². The highest BCUT2D eigenvalue weighted by Crippen LogP contribution is 2.22. The molecule has 1 aliphatic carbocycles. The molecule has 0 radical (unpaired) electrons. The van der Waals surface area contributed by atoms with Gasteiger partial charge in [-0.2, -0.15) is 5.10 Å². The third-order valence-corrected chi connectivity index (χ3v) is 5.14. The summed E-state index contributed by atoms with van der Waals surface area (Å²) in [5.74, 6) is -0.309. The lowest BCUT2D eigenvalue weighted by Crippen LogP contribution is -2.48. The summed E-state index contributed by atoms with van der Waals surface area (Å²) in [7, 11) is 0. The molecule has 1 N–H and O–H groups in total. The number of aryl methyl sites for hydroxylation is 1. The van der Waals surface area contributed by atoms with Gasteiger partial charge in [0.05, 0.1) is 11.1 Å². The Morgan fingerprint density at radius 1 is 1.19 bits per heavy atom. The van der Waals surface area contributed by atoms with Crippen LogP contribution in [0.5, 0.6) is 0 Å². The summed E-state index contributed by atoms with van der Waals surface area (Å²) in [6.07, 6.45) is 3.50. The zero-order chi connectivity index (χ0) is 18.3. The molecule has 7 nitrogen and oxygen atoms in total. The molecule has 1 aliphatic heterocycles. The van der Waals surface area contributed by atoms with Gasteiger partial charge in [0.25, 0.3) is 5.56 Å². The zero-order valence-corrected chi connectivity index (χ0v) is 14.8. The molecule has 2 fully saturated rings. The van der Waals surface area contributed by atoms with Crippen LogP contribution in [0.2, 0.25) is 0 Å². The maximum atomic E-state index is 12.8. The van der Waals surface area contributed by atoms with Gasteiger partial charge in [-0.1, -0.05) is 18.2 Å². The molecule has 2 aliphatic rings. The first kappa shape index (κ1) is 16.8. The fourth-order valence-electron chi connectivity index (χ4n) is 3.59. The van der Waals surface area contributed by atoms with E-state index in [0.717, 1.165) is 24.6 Å².